The van der Waals surface area contributed by atoms with Gasteiger partial charge in [-0.2, -0.15) is 0 Å². The molecule has 18 heavy (non-hydrogen) atoms. The van der Waals surface area contributed by atoms with E-state index in [2.05, 4.69) is 29.6 Å². The SMILES string of the molecule is OC1CCC(NCc2ccc(C3CC3)cc2)CC1. The molecule has 2 nitrogen and oxygen atoms in total. The van der Waals surface area contributed by atoms with E-state index in [1.165, 1.54) is 24.0 Å². The summed E-state index contributed by atoms with van der Waals surface area (Å²) < 4.78 is 0. The van der Waals surface area contributed by atoms with Crippen molar-refractivity contribution in [2.75, 3.05) is 0 Å². The molecular weight excluding hydrogens is 222 g/mol. The van der Waals surface area contributed by atoms with Crippen LogP contribution in [-0.4, -0.2) is 17.3 Å². The maximum atomic E-state index is 9.47. The van der Waals surface area contributed by atoms with Gasteiger partial charge < -0.3 is 10.4 Å². The summed E-state index contributed by atoms with van der Waals surface area (Å²) >= 11 is 0. The highest BCUT2D eigenvalue weighted by atomic mass is 16.3. The summed E-state index contributed by atoms with van der Waals surface area (Å²) in [7, 11) is 0. The third-order valence-electron chi connectivity index (χ3n) is 4.32. The van der Waals surface area contributed by atoms with Crippen LogP contribution in [0.3, 0.4) is 0 Å². The van der Waals surface area contributed by atoms with Crippen LogP contribution in [0.5, 0.6) is 0 Å². The molecule has 2 aliphatic carbocycles. The van der Waals surface area contributed by atoms with Crippen LogP contribution in [0.1, 0.15) is 55.6 Å². The smallest absolute Gasteiger partial charge is 0.0541 e. The molecule has 1 aromatic rings. The van der Waals surface area contributed by atoms with Crippen LogP contribution in [0, 0.1) is 0 Å². The highest BCUT2D eigenvalue weighted by Gasteiger charge is 2.23. The molecule has 0 atom stereocenters. The Balaban J connectivity index is 1.47. The number of aliphatic hydroxyl groups excluding tert-OH is 1. The molecule has 0 unspecified atom stereocenters. The minimum absolute atomic E-state index is 0.0547. The van der Waals surface area contributed by atoms with Crippen LogP contribution in [0.25, 0.3) is 0 Å². The van der Waals surface area contributed by atoms with Gasteiger partial charge in [-0.1, -0.05) is 24.3 Å². The van der Waals surface area contributed by atoms with Crippen molar-refractivity contribution in [3.63, 3.8) is 0 Å². The first-order chi connectivity index (χ1) is 8.81. The number of rotatable bonds is 4. The normalized spacial score (nSPS) is 28.3. The first-order valence-corrected chi connectivity index (χ1v) is 7.31. The molecule has 2 saturated carbocycles. The fourth-order valence-corrected chi connectivity index (χ4v) is 2.87. The summed E-state index contributed by atoms with van der Waals surface area (Å²) in [6.45, 7) is 0.964. The largest absolute Gasteiger partial charge is 0.393 e. The van der Waals surface area contributed by atoms with Crippen LogP contribution < -0.4 is 5.32 Å². The molecule has 2 heteroatoms. The molecule has 0 aliphatic heterocycles. The van der Waals surface area contributed by atoms with Gasteiger partial charge in [-0.3, -0.25) is 0 Å². The van der Waals surface area contributed by atoms with Gasteiger partial charge in [0.2, 0.25) is 0 Å². The number of benzene rings is 1. The second-order valence-corrected chi connectivity index (χ2v) is 5.90. The second-order valence-electron chi connectivity index (χ2n) is 5.90. The van der Waals surface area contributed by atoms with Crippen molar-refractivity contribution in [3.8, 4) is 0 Å². The predicted molar refractivity (Wildman–Crippen MR) is 73.5 cm³/mol. The van der Waals surface area contributed by atoms with E-state index in [0.29, 0.717) is 6.04 Å². The average molecular weight is 245 g/mol. The summed E-state index contributed by atoms with van der Waals surface area (Å²) in [6.07, 6.45) is 6.84. The Hall–Kier alpha value is -0.860. The van der Waals surface area contributed by atoms with Crippen LogP contribution in [0.4, 0.5) is 0 Å². The molecule has 2 aliphatic rings. The van der Waals surface area contributed by atoms with Crippen LogP contribution in [0.15, 0.2) is 24.3 Å². The summed E-state index contributed by atoms with van der Waals surface area (Å²) in [6, 6.07) is 9.70. The van der Waals surface area contributed by atoms with Crippen molar-refractivity contribution in [2.45, 2.75) is 63.1 Å². The molecule has 3 rings (SSSR count). The van der Waals surface area contributed by atoms with Gasteiger partial charge in [0.1, 0.15) is 0 Å². The first-order valence-electron chi connectivity index (χ1n) is 7.31. The lowest BCUT2D eigenvalue weighted by molar-refractivity contribution is 0.116. The van der Waals surface area contributed by atoms with E-state index in [-0.39, 0.29) is 6.10 Å². The lowest BCUT2D eigenvalue weighted by Gasteiger charge is -2.26. The summed E-state index contributed by atoms with van der Waals surface area (Å²) in [5, 5.41) is 13.1. The highest BCUT2D eigenvalue weighted by Crippen LogP contribution is 2.39. The van der Waals surface area contributed by atoms with Gasteiger partial charge in [0.15, 0.2) is 0 Å². The van der Waals surface area contributed by atoms with Gasteiger partial charge >= 0.3 is 0 Å². The molecule has 0 heterocycles. The monoisotopic (exact) mass is 245 g/mol. The highest BCUT2D eigenvalue weighted by molar-refractivity contribution is 5.28. The standard InChI is InChI=1S/C16H23NO/c18-16-9-7-15(8-10-16)17-11-12-1-3-13(4-2-12)14-5-6-14/h1-4,14-18H,5-11H2. The summed E-state index contributed by atoms with van der Waals surface area (Å²) in [4.78, 5) is 0. The summed E-state index contributed by atoms with van der Waals surface area (Å²) in [5.74, 6) is 0.854. The van der Waals surface area contributed by atoms with Gasteiger partial charge in [-0.15, -0.1) is 0 Å². The van der Waals surface area contributed by atoms with Crippen molar-refractivity contribution in [2.24, 2.45) is 0 Å². The van der Waals surface area contributed by atoms with E-state index in [1.807, 2.05) is 0 Å². The Morgan fingerprint density at radius 3 is 2.22 bits per heavy atom. The number of nitrogens with one attached hydrogen (secondary N) is 1. The maximum Gasteiger partial charge on any atom is 0.0541 e. The second kappa shape index (κ2) is 5.41. The average Bonchev–Trinajstić information content (AvgIpc) is 3.23. The zero-order valence-corrected chi connectivity index (χ0v) is 10.9. The minimum Gasteiger partial charge on any atom is -0.393 e. The van der Waals surface area contributed by atoms with E-state index < -0.39 is 0 Å². The maximum absolute atomic E-state index is 9.47. The van der Waals surface area contributed by atoms with Crippen molar-refractivity contribution >= 4 is 0 Å². The Kier molecular flexibility index (Phi) is 3.67. The third-order valence-corrected chi connectivity index (χ3v) is 4.32. The molecule has 0 bridgehead atoms. The van der Waals surface area contributed by atoms with E-state index in [9.17, 15) is 5.11 Å². The molecule has 0 saturated heterocycles. The third kappa shape index (κ3) is 3.12. The number of hydrogen-bond acceptors (Lipinski definition) is 2. The zero-order valence-electron chi connectivity index (χ0n) is 10.9. The fourth-order valence-electron chi connectivity index (χ4n) is 2.87. The topological polar surface area (TPSA) is 32.3 Å². The zero-order chi connectivity index (χ0) is 12.4. The number of hydrogen-bond donors (Lipinski definition) is 2. The molecular formula is C16H23NO. The lowest BCUT2D eigenvalue weighted by atomic mass is 9.93. The minimum atomic E-state index is -0.0547. The van der Waals surface area contributed by atoms with E-state index in [4.69, 9.17) is 0 Å². The van der Waals surface area contributed by atoms with E-state index in [1.54, 1.807) is 0 Å². The van der Waals surface area contributed by atoms with Gasteiger partial charge in [-0.05, 0) is 55.6 Å². The Labute approximate surface area is 109 Å². The molecule has 2 N–H and O–H groups in total. The van der Waals surface area contributed by atoms with Gasteiger partial charge in [0, 0.05) is 12.6 Å². The Morgan fingerprint density at radius 1 is 0.944 bits per heavy atom. The van der Waals surface area contributed by atoms with Gasteiger partial charge in [0.05, 0.1) is 6.10 Å². The van der Waals surface area contributed by atoms with E-state index in [0.717, 1.165) is 38.1 Å². The molecule has 0 amide bonds. The lowest BCUT2D eigenvalue weighted by Crippen LogP contribution is -2.34. The fraction of sp³-hybridized carbons (Fsp3) is 0.625. The summed E-state index contributed by atoms with van der Waals surface area (Å²) in [5.41, 5.74) is 2.89. The van der Waals surface area contributed by atoms with Crippen LogP contribution in [0.2, 0.25) is 0 Å². The molecule has 1 aromatic carbocycles. The van der Waals surface area contributed by atoms with Crippen LogP contribution in [-0.2, 0) is 6.54 Å². The first kappa shape index (κ1) is 12.2. The van der Waals surface area contributed by atoms with Crippen molar-refractivity contribution in [1.29, 1.82) is 0 Å². The predicted octanol–water partition coefficient (Wildman–Crippen LogP) is 2.96. The van der Waals surface area contributed by atoms with Crippen LogP contribution >= 0.6 is 0 Å². The van der Waals surface area contributed by atoms with E-state index >= 15 is 0 Å². The van der Waals surface area contributed by atoms with Crippen molar-refractivity contribution < 1.29 is 5.11 Å². The molecule has 2 fully saturated rings. The van der Waals surface area contributed by atoms with Crippen molar-refractivity contribution in [3.05, 3.63) is 35.4 Å². The quantitative estimate of drug-likeness (QED) is 0.855. The molecule has 98 valence electrons. The molecule has 0 spiro atoms. The molecule has 0 aromatic heterocycles. The number of aliphatic hydroxyl groups is 1. The van der Waals surface area contributed by atoms with Crippen molar-refractivity contribution in [1.82, 2.24) is 5.32 Å². The van der Waals surface area contributed by atoms with Gasteiger partial charge in [0.25, 0.3) is 0 Å². The molecule has 0 radical (unpaired) electrons. The Bertz CT molecular complexity index is 375. The Morgan fingerprint density at radius 2 is 1.61 bits per heavy atom. The van der Waals surface area contributed by atoms with Gasteiger partial charge in [-0.25, -0.2) is 0 Å².